The first kappa shape index (κ1) is 24.3. The van der Waals surface area contributed by atoms with Gasteiger partial charge in [-0.15, -0.1) is 0 Å². The van der Waals surface area contributed by atoms with Gasteiger partial charge in [0.05, 0.1) is 7.14 Å². The Balaban J connectivity index is 1.95. The summed E-state index contributed by atoms with van der Waals surface area (Å²) in [6, 6.07) is 18.0. The smallest absolute Gasteiger partial charge is 0.303 e. The minimum absolute atomic E-state index is 0.0494. The van der Waals surface area contributed by atoms with Crippen molar-refractivity contribution in [3.63, 3.8) is 0 Å². The van der Waals surface area contributed by atoms with E-state index in [9.17, 15) is 4.79 Å². The number of carboxylic acid groups (broad SMARTS) is 1. The van der Waals surface area contributed by atoms with Gasteiger partial charge in [-0.3, -0.25) is 4.79 Å². The predicted molar refractivity (Wildman–Crippen MR) is 151 cm³/mol. The highest BCUT2D eigenvalue weighted by Crippen LogP contribution is 2.41. The molecular weight excluding hydrogens is 836 g/mol. The number of ether oxygens (including phenoxy) is 2. The summed E-state index contributed by atoms with van der Waals surface area (Å²) in [4.78, 5) is 11.1. The van der Waals surface area contributed by atoms with Crippen molar-refractivity contribution < 1.29 is 19.4 Å². The fraction of sp³-hybridized carbons (Fsp3) is 0.136. The predicted octanol–water partition coefficient (Wildman–Crippen LogP) is 7.49. The Morgan fingerprint density at radius 1 is 0.867 bits per heavy atom. The van der Waals surface area contributed by atoms with E-state index in [-0.39, 0.29) is 6.42 Å². The molecule has 0 heterocycles. The van der Waals surface area contributed by atoms with Crippen molar-refractivity contribution in [3.8, 4) is 17.2 Å². The molecular formula is C22H16I4O4. The van der Waals surface area contributed by atoms with Crippen LogP contribution in [0.25, 0.3) is 0 Å². The summed E-state index contributed by atoms with van der Waals surface area (Å²) in [5, 5.41) is 9.12. The van der Waals surface area contributed by atoms with Crippen molar-refractivity contribution in [2.75, 3.05) is 0 Å². The Hall–Kier alpha value is -0.350. The standard InChI is InChI=1S/C22H16I4O4/c23-15-8-14(6-7-20(27)28)21(17(25)9-15)30-19-11-16(24)10-18(26)22(19)29-12-13-4-2-1-3-5-13/h1-5,8-11H,6-7,12H2,(H,27,28). The van der Waals surface area contributed by atoms with Crippen LogP contribution in [0.1, 0.15) is 17.5 Å². The van der Waals surface area contributed by atoms with Crippen molar-refractivity contribution in [2.24, 2.45) is 0 Å². The maximum atomic E-state index is 11.1. The number of carbonyl (C=O) groups is 1. The van der Waals surface area contributed by atoms with Crippen molar-refractivity contribution in [3.05, 3.63) is 80.0 Å². The van der Waals surface area contributed by atoms with Crippen molar-refractivity contribution in [1.82, 2.24) is 0 Å². The monoisotopic (exact) mass is 852 g/mol. The molecule has 4 nitrogen and oxygen atoms in total. The zero-order valence-electron chi connectivity index (χ0n) is 15.5. The van der Waals surface area contributed by atoms with E-state index in [2.05, 4.69) is 90.4 Å². The van der Waals surface area contributed by atoms with Gasteiger partial charge in [-0.25, -0.2) is 0 Å². The quantitative estimate of drug-likeness (QED) is 0.239. The van der Waals surface area contributed by atoms with Crippen LogP contribution in [-0.4, -0.2) is 11.1 Å². The van der Waals surface area contributed by atoms with Gasteiger partial charge in [0.25, 0.3) is 0 Å². The molecule has 0 spiro atoms. The van der Waals surface area contributed by atoms with E-state index < -0.39 is 5.97 Å². The van der Waals surface area contributed by atoms with E-state index >= 15 is 0 Å². The van der Waals surface area contributed by atoms with Crippen molar-refractivity contribution >= 4 is 96.3 Å². The van der Waals surface area contributed by atoms with Gasteiger partial charge in [-0.2, -0.15) is 0 Å². The Morgan fingerprint density at radius 2 is 1.50 bits per heavy atom. The van der Waals surface area contributed by atoms with Crippen LogP contribution in [0.5, 0.6) is 17.2 Å². The number of hydrogen-bond acceptors (Lipinski definition) is 3. The van der Waals surface area contributed by atoms with Crippen LogP contribution in [0, 0.1) is 14.3 Å². The van der Waals surface area contributed by atoms with E-state index in [1.807, 2.05) is 54.6 Å². The van der Waals surface area contributed by atoms with Gasteiger partial charge < -0.3 is 14.6 Å². The molecule has 0 aliphatic heterocycles. The highest BCUT2D eigenvalue weighted by atomic mass is 127. The molecule has 0 amide bonds. The third kappa shape index (κ3) is 6.82. The second kappa shape index (κ2) is 11.5. The maximum Gasteiger partial charge on any atom is 0.303 e. The molecule has 0 saturated heterocycles. The van der Waals surface area contributed by atoms with Crippen molar-refractivity contribution in [2.45, 2.75) is 19.4 Å². The van der Waals surface area contributed by atoms with E-state index in [0.717, 1.165) is 25.4 Å². The number of aryl methyl sites for hydroxylation is 1. The summed E-state index contributed by atoms with van der Waals surface area (Å²) in [5.74, 6) is 1.15. The van der Waals surface area contributed by atoms with E-state index in [1.54, 1.807) is 0 Å². The molecule has 0 fully saturated rings. The number of carboxylic acids is 1. The lowest BCUT2D eigenvalue weighted by Gasteiger charge is -2.18. The molecule has 30 heavy (non-hydrogen) atoms. The Bertz CT molecular complexity index is 1050. The minimum atomic E-state index is -0.828. The minimum Gasteiger partial charge on any atom is -0.484 e. The van der Waals surface area contributed by atoms with Crippen LogP contribution >= 0.6 is 90.4 Å². The SMILES string of the molecule is O=C(O)CCc1cc(I)cc(I)c1Oc1cc(I)cc(I)c1OCc1ccccc1. The molecule has 0 atom stereocenters. The molecule has 0 saturated carbocycles. The second-order valence-corrected chi connectivity index (χ2v) is 11.2. The maximum absolute atomic E-state index is 11.1. The van der Waals surface area contributed by atoms with Crippen molar-refractivity contribution in [1.29, 1.82) is 0 Å². The number of benzene rings is 3. The fourth-order valence-corrected chi connectivity index (χ4v) is 6.77. The largest absolute Gasteiger partial charge is 0.484 e. The molecule has 1 N–H and O–H groups in total. The molecule has 0 aliphatic carbocycles. The first-order valence-electron chi connectivity index (χ1n) is 8.87. The molecule has 3 rings (SSSR count). The molecule has 0 aromatic heterocycles. The zero-order chi connectivity index (χ0) is 21.7. The average Bonchev–Trinajstić information content (AvgIpc) is 2.68. The topological polar surface area (TPSA) is 55.8 Å². The summed E-state index contributed by atoms with van der Waals surface area (Å²) < 4.78 is 16.5. The first-order chi connectivity index (χ1) is 14.3. The fourth-order valence-electron chi connectivity index (χ4n) is 2.75. The van der Waals surface area contributed by atoms with E-state index in [4.69, 9.17) is 14.6 Å². The van der Waals surface area contributed by atoms with Crippen LogP contribution < -0.4 is 9.47 Å². The highest BCUT2D eigenvalue weighted by Gasteiger charge is 2.18. The van der Waals surface area contributed by atoms with Gasteiger partial charge in [0.15, 0.2) is 11.5 Å². The van der Waals surface area contributed by atoms with Crippen LogP contribution in [0.15, 0.2) is 54.6 Å². The molecule has 0 bridgehead atoms. The van der Waals surface area contributed by atoms with E-state index in [0.29, 0.717) is 30.3 Å². The average molecular weight is 852 g/mol. The number of hydrogen-bond donors (Lipinski definition) is 1. The van der Waals surface area contributed by atoms with Gasteiger partial charge >= 0.3 is 5.97 Å². The first-order valence-corrected chi connectivity index (χ1v) is 13.2. The summed E-state index contributed by atoms with van der Waals surface area (Å²) in [6.45, 7) is 0.434. The Labute approximate surface area is 229 Å². The van der Waals surface area contributed by atoms with Crippen LogP contribution in [0.2, 0.25) is 0 Å². The molecule has 3 aromatic carbocycles. The number of rotatable bonds is 8. The Kier molecular flexibility index (Phi) is 9.31. The van der Waals surface area contributed by atoms with Gasteiger partial charge in [-0.05, 0) is 132 Å². The lowest BCUT2D eigenvalue weighted by molar-refractivity contribution is -0.136. The van der Waals surface area contributed by atoms with Gasteiger partial charge in [0.2, 0.25) is 0 Å². The second-order valence-electron chi connectivity index (χ2n) is 6.36. The molecule has 3 aromatic rings. The van der Waals surface area contributed by atoms with E-state index in [1.165, 1.54) is 0 Å². The lowest BCUT2D eigenvalue weighted by atomic mass is 10.1. The molecule has 0 radical (unpaired) electrons. The van der Waals surface area contributed by atoms with Gasteiger partial charge in [0, 0.05) is 13.6 Å². The number of halogens is 4. The third-order valence-electron chi connectivity index (χ3n) is 4.11. The summed E-state index contributed by atoms with van der Waals surface area (Å²) in [5.41, 5.74) is 1.94. The third-order valence-corrected chi connectivity index (χ3v) is 6.95. The van der Waals surface area contributed by atoms with Crippen LogP contribution in [0.4, 0.5) is 0 Å². The van der Waals surface area contributed by atoms with Crippen LogP contribution in [-0.2, 0) is 17.8 Å². The Morgan fingerprint density at radius 3 is 2.17 bits per heavy atom. The molecule has 0 aliphatic rings. The lowest BCUT2D eigenvalue weighted by Crippen LogP contribution is -2.03. The summed E-state index contributed by atoms with van der Waals surface area (Å²) in [7, 11) is 0. The zero-order valence-corrected chi connectivity index (χ0v) is 24.1. The number of aliphatic carboxylic acids is 1. The highest BCUT2D eigenvalue weighted by molar-refractivity contribution is 14.1. The summed E-state index contributed by atoms with van der Waals surface area (Å²) in [6.07, 6.45) is 0.451. The molecule has 8 heteroatoms. The van der Waals surface area contributed by atoms with Gasteiger partial charge in [0.1, 0.15) is 12.4 Å². The van der Waals surface area contributed by atoms with Crippen LogP contribution in [0.3, 0.4) is 0 Å². The normalized spacial score (nSPS) is 10.7. The molecule has 156 valence electrons. The van der Waals surface area contributed by atoms with Gasteiger partial charge in [-0.1, -0.05) is 30.3 Å². The summed E-state index contributed by atoms with van der Waals surface area (Å²) >= 11 is 8.98. The molecule has 0 unspecified atom stereocenters.